The van der Waals surface area contributed by atoms with Crippen molar-refractivity contribution in [2.75, 3.05) is 7.11 Å². The van der Waals surface area contributed by atoms with E-state index in [-0.39, 0.29) is 0 Å². The number of aromatic nitrogens is 2. The third kappa shape index (κ3) is 2.32. The van der Waals surface area contributed by atoms with Gasteiger partial charge in [0.05, 0.1) is 13.4 Å². The summed E-state index contributed by atoms with van der Waals surface area (Å²) in [6.45, 7) is 4.27. The molecule has 1 aromatic carbocycles. The van der Waals surface area contributed by atoms with E-state index in [0.717, 1.165) is 11.3 Å². The highest BCUT2D eigenvalue weighted by atomic mass is 16.5. The van der Waals surface area contributed by atoms with Gasteiger partial charge in [-0.1, -0.05) is 19.9 Å². The van der Waals surface area contributed by atoms with Crippen LogP contribution in [0.4, 0.5) is 0 Å². The van der Waals surface area contributed by atoms with Crippen molar-refractivity contribution in [1.82, 2.24) is 9.55 Å². The number of imidazole rings is 1. The smallest absolute Gasteiger partial charge is 0.147 e. The molecule has 0 atom stereocenters. The summed E-state index contributed by atoms with van der Waals surface area (Å²) in [6.07, 6.45) is 1.64. The van der Waals surface area contributed by atoms with Crippen molar-refractivity contribution in [3.63, 3.8) is 0 Å². The van der Waals surface area contributed by atoms with E-state index in [9.17, 15) is 5.26 Å². The van der Waals surface area contributed by atoms with Crippen LogP contribution in [0.25, 0.3) is 11.3 Å². The van der Waals surface area contributed by atoms with Crippen LogP contribution in [0.3, 0.4) is 0 Å². The fraction of sp³-hybridized carbons (Fsp3) is 0.333. The lowest BCUT2D eigenvalue weighted by Crippen LogP contribution is -1.95. The molecule has 0 fully saturated rings. The molecule has 0 saturated heterocycles. The molecule has 0 spiro atoms. The lowest BCUT2D eigenvalue weighted by atomic mass is 9.99. The largest absolute Gasteiger partial charge is 0.496 e. The monoisotopic (exact) mass is 255 g/mol. The van der Waals surface area contributed by atoms with Gasteiger partial charge in [-0.2, -0.15) is 5.26 Å². The Bertz CT molecular complexity index is 635. The third-order valence-electron chi connectivity index (χ3n) is 3.19. The summed E-state index contributed by atoms with van der Waals surface area (Å²) in [5.74, 6) is 1.18. The van der Waals surface area contributed by atoms with E-state index in [1.54, 1.807) is 18.0 Å². The van der Waals surface area contributed by atoms with E-state index in [4.69, 9.17) is 4.74 Å². The second kappa shape index (κ2) is 5.15. The molecule has 0 amide bonds. The Kier molecular flexibility index (Phi) is 3.57. The van der Waals surface area contributed by atoms with Crippen LogP contribution < -0.4 is 4.74 Å². The van der Waals surface area contributed by atoms with Gasteiger partial charge in [-0.05, 0) is 23.6 Å². The number of hydrogen-bond acceptors (Lipinski definition) is 3. The molecule has 0 aliphatic heterocycles. The first-order valence-corrected chi connectivity index (χ1v) is 6.18. The molecular formula is C15H17N3O. The molecule has 98 valence electrons. The first-order valence-electron chi connectivity index (χ1n) is 6.18. The van der Waals surface area contributed by atoms with E-state index in [1.807, 2.05) is 19.2 Å². The molecule has 0 saturated carbocycles. The van der Waals surface area contributed by atoms with Gasteiger partial charge >= 0.3 is 0 Å². The highest BCUT2D eigenvalue weighted by Gasteiger charge is 2.16. The Balaban J connectivity index is 2.59. The summed E-state index contributed by atoms with van der Waals surface area (Å²) < 4.78 is 7.15. The van der Waals surface area contributed by atoms with Crippen molar-refractivity contribution in [2.24, 2.45) is 7.05 Å². The summed E-state index contributed by atoms with van der Waals surface area (Å²) in [5, 5.41) is 9.20. The van der Waals surface area contributed by atoms with Crippen LogP contribution in [0, 0.1) is 11.3 Å². The molecule has 0 N–H and O–H groups in total. The second-order valence-corrected chi connectivity index (χ2v) is 4.78. The van der Waals surface area contributed by atoms with E-state index < -0.39 is 0 Å². The van der Waals surface area contributed by atoms with Gasteiger partial charge in [0, 0.05) is 12.6 Å². The molecule has 19 heavy (non-hydrogen) atoms. The zero-order valence-electron chi connectivity index (χ0n) is 11.6. The van der Waals surface area contributed by atoms with Crippen LogP contribution in [0.1, 0.15) is 31.0 Å². The predicted octanol–water partition coefficient (Wildman–Crippen LogP) is 3.09. The Labute approximate surface area is 113 Å². The summed E-state index contributed by atoms with van der Waals surface area (Å²) in [5.41, 5.74) is 3.26. The number of hydrogen-bond donors (Lipinski definition) is 0. The first kappa shape index (κ1) is 13.2. The number of rotatable bonds is 3. The number of ether oxygens (including phenoxy) is 1. The number of benzene rings is 1. The van der Waals surface area contributed by atoms with Crippen LogP contribution in [0.2, 0.25) is 0 Å². The van der Waals surface area contributed by atoms with Gasteiger partial charge in [-0.3, -0.25) is 0 Å². The number of nitrogens with zero attached hydrogens (tertiary/aromatic N) is 3. The molecule has 1 aromatic heterocycles. The Morgan fingerprint density at radius 1 is 1.37 bits per heavy atom. The highest BCUT2D eigenvalue weighted by Crippen LogP contribution is 2.33. The molecular weight excluding hydrogens is 238 g/mol. The third-order valence-corrected chi connectivity index (χ3v) is 3.19. The molecule has 0 radical (unpaired) electrons. The number of methoxy groups -OCH3 is 1. The van der Waals surface area contributed by atoms with Crippen LogP contribution >= 0.6 is 0 Å². The average molecular weight is 255 g/mol. The predicted molar refractivity (Wildman–Crippen MR) is 74.0 cm³/mol. The zero-order chi connectivity index (χ0) is 14.0. The Morgan fingerprint density at radius 3 is 2.68 bits per heavy atom. The summed E-state index contributed by atoms with van der Waals surface area (Å²) >= 11 is 0. The lowest BCUT2D eigenvalue weighted by molar-refractivity contribution is 0.415. The van der Waals surface area contributed by atoms with Gasteiger partial charge in [-0.15, -0.1) is 0 Å². The first-order chi connectivity index (χ1) is 9.08. The van der Waals surface area contributed by atoms with E-state index in [0.29, 0.717) is 17.3 Å². The van der Waals surface area contributed by atoms with Crippen molar-refractivity contribution in [1.29, 1.82) is 5.26 Å². The molecule has 0 unspecified atom stereocenters. The van der Waals surface area contributed by atoms with E-state index >= 15 is 0 Å². The molecule has 2 aromatic rings. The summed E-state index contributed by atoms with van der Waals surface area (Å²) in [6, 6.07) is 8.21. The molecule has 0 aliphatic carbocycles. The Morgan fingerprint density at radius 2 is 2.11 bits per heavy atom. The minimum Gasteiger partial charge on any atom is -0.496 e. The van der Waals surface area contributed by atoms with Crippen molar-refractivity contribution in [3.8, 4) is 23.1 Å². The van der Waals surface area contributed by atoms with Gasteiger partial charge in [0.1, 0.15) is 23.2 Å². The topological polar surface area (TPSA) is 50.8 Å². The second-order valence-electron chi connectivity index (χ2n) is 4.78. The SMILES string of the molecule is COc1cc(C(C)C)ccc1-c1ncn(C)c1C#N. The standard InChI is InChI=1S/C15H17N3O/c1-10(2)11-5-6-12(14(7-11)19-4)15-13(8-16)18(3)9-17-15/h5-7,9-10H,1-4H3. The molecule has 0 bridgehead atoms. The van der Waals surface area contributed by atoms with Crippen LogP contribution in [-0.4, -0.2) is 16.7 Å². The maximum Gasteiger partial charge on any atom is 0.147 e. The van der Waals surface area contributed by atoms with Crippen LogP contribution in [0.5, 0.6) is 5.75 Å². The van der Waals surface area contributed by atoms with Crippen LogP contribution in [0.15, 0.2) is 24.5 Å². The minimum absolute atomic E-state index is 0.433. The molecule has 2 rings (SSSR count). The van der Waals surface area contributed by atoms with Gasteiger partial charge in [-0.25, -0.2) is 4.98 Å². The highest BCUT2D eigenvalue weighted by molar-refractivity contribution is 5.72. The number of aryl methyl sites for hydroxylation is 1. The van der Waals surface area contributed by atoms with E-state index in [1.165, 1.54) is 5.56 Å². The molecule has 4 heteroatoms. The normalized spacial score (nSPS) is 10.5. The molecule has 1 heterocycles. The fourth-order valence-electron chi connectivity index (χ4n) is 2.02. The number of nitriles is 1. The molecule has 0 aliphatic rings. The van der Waals surface area contributed by atoms with Crippen LogP contribution in [-0.2, 0) is 7.05 Å². The van der Waals surface area contributed by atoms with Gasteiger partial charge in [0.25, 0.3) is 0 Å². The summed E-state index contributed by atoms with van der Waals surface area (Å²) in [7, 11) is 3.45. The van der Waals surface area contributed by atoms with Crippen molar-refractivity contribution in [2.45, 2.75) is 19.8 Å². The van der Waals surface area contributed by atoms with Crippen molar-refractivity contribution < 1.29 is 4.74 Å². The van der Waals surface area contributed by atoms with E-state index in [2.05, 4.69) is 31.0 Å². The molecule has 4 nitrogen and oxygen atoms in total. The van der Waals surface area contributed by atoms with Gasteiger partial charge in [0.15, 0.2) is 0 Å². The van der Waals surface area contributed by atoms with Gasteiger partial charge in [0.2, 0.25) is 0 Å². The minimum atomic E-state index is 0.433. The summed E-state index contributed by atoms with van der Waals surface area (Å²) in [4.78, 5) is 4.30. The lowest BCUT2D eigenvalue weighted by Gasteiger charge is -2.11. The quantitative estimate of drug-likeness (QED) is 0.846. The maximum absolute atomic E-state index is 9.20. The van der Waals surface area contributed by atoms with Crippen molar-refractivity contribution in [3.05, 3.63) is 35.8 Å². The van der Waals surface area contributed by atoms with Gasteiger partial charge < -0.3 is 9.30 Å². The average Bonchev–Trinajstić information content (AvgIpc) is 2.78. The zero-order valence-corrected chi connectivity index (χ0v) is 11.6. The fourth-order valence-corrected chi connectivity index (χ4v) is 2.02. The maximum atomic E-state index is 9.20. The van der Waals surface area contributed by atoms with Crippen molar-refractivity contribution >= 4 is 0 Å². The Hall–Kier alpha value is -2.28.